The molecule has 6 aromatic rings. The van der Waals surface area contributed by atoms with E-state index in [1.165, 1.54) is 22.2 Å². The number of benzene rings is 4. The highest BCUT2D eigenvalue weighted by atomic mass is 127. The van der Waals surface area contributed by atoms with Crippen molar-refractivity contribution < 1.29 is 18.7 Å². The van der Waals surface area contributed by atoms with Crippen LogP contribution in [0.3, 0.4) is 0 Å². The van der Waals surface area contributed by atoms with Crippen LogP contribution in [0.4, 0.5) is 0 Å². The molecule has 0 saturated heterocycles. The number of ether oxygens (including phenoxy) is 2. The molecule has 0 aliphatic rings. The van der Waals surface area contributed by atoms with Crippen molar-refractivity contribution in [1.82, 2.24) is 9.99 Å². The molecular weight excluding hydrogens is 665 g/mol. The Hall–Kier alpha value is -4.83. The summed E-state index contributed by atoms with van der Waals surface area (Å²) in [5.41, 5.74) is 7.90. The van der Waals surface area contributed by atoms with E-state index in [-0.39, 0.29) is 12.4 Å². The first-order chi connectivity index (χ1) is 21.4. The molecule has 1 N–H and O–H groups in total. The van der Waals surface area contributed by atoms with Crippen LogP contribution < -0.4 is 14.9 Å². The fourth-order valence-electron chi connectivity index (χ4n) is 5.01. The highest BCUT2D eigenvalue weighted by Gasteiger charge is 2.12. The van der Waals surface area contributed by atoms with Crippen molar-refractivity contribution in [3.05, 3.63) is 147 Å². The number of rotatable bonds is 10. The lowest BCUT2D eigenvalue weighted by Gasteiger charge is -2.11. The molecule has 0 unspecified atom stereocenters. The number of hydrogen-bond donors (Lipinski definition) is 1. The minimum atomic E-state index is -0.445. The molecule has 8 heteroatoms. The Balaban J connectivity index is 0.996. The Morgan fingerprint density at radius 1 is 0.864 bits per heavy atom. The summed E-state index contributed by atoms with van der Waals surface area (Å²) in [6.45, 7) is 4.83. The standard InChI is InChI=1S/C36H30IN3O4/c1-24-10-11-25(2)40(24)29-13-15-30(16-14-29)42-23-31-17-19-35(44-31)36(41)39-38-21-26-12-18-34(33(37)20-26)43-22-28-8-5-7-27-6-3-4-9-32(27)28/h3-21H,22-23H2,1-2H3,(H,39,41)/b38-21+. The molecule has 4 aromatic carbocycles. The number of halogens is 1. The van der Waals surface area contributed by atoms with Crippen LogP contribution in [-0.4, -0.2) is 16.7 Å². The number of furan rings is 1. The van der Waals surface area contributed by atoms with Gasteiger partial charge in [0.1, 0.15) is 30.5 Å². The van der Waals surface area contributed by atoms with Crippen molar-refractivity contribution in [2.75, 3.05) is 0 Å². The first-order valence-electron chi connectivity index (χ1n) is 14.1. The number of aromatic nitrogens is 1. The van der Waals surface area contributed by atoms with Crippen LogP contribution in [0.5, 0.6) is 11.5 Å². The molecular formula is C36H30IN3O4. The Bertz CT molecular complexity index is 1930. The van der Waals surface area contributed by atoms with Crippen molar-refractivity contribution in [2.24, 2.45) is 5.10 Å². The van der Waals surface area contributed by atoms with Crippen molar-refractivity contribution in [3.8, 4) is 17.2 Å². The van der Waals surface area contributed by atoms with Crippen LogP contribution in [-0.2, 0) is 13.2 Å². The lowest BCUT2D eigenvalue weighted by molar-refractivity contribution is 0.0923. The highest BCUT2D eigenvalue weighted by Crippen LogP contribution is 2.25. The highest BCUT2D eigenvalue weighted by molar-refractivity contribution is 14.1. The third kappa shape index (κ3) is 6.70. The lowest BCUT2D eigenvalue weighted by atomic mass is 10.1. The summed E-state index contributed by atoms with van der Waals surface area (Å²) >= 11 is 2.24. The fourth-order valence-corrected chi connectivity index (χ4v) is 5.70. The summed E-state index contributed by atoms with van der Waals surface area (Å²) in [6.07, 6.45) is 1.59. The average Bonchev–Trinajstić information content (AvgIpc) is 3.66. The minimum absolute atomic E-state index is 0.154. The zero-order valence-electron chi connectivity index (χ0n) is 24.3. The topological polar surface area (TPSA) is 78.0 Å². The normalized spacial score (nSPS) is 11.2. The van der Waals surface area contributed by atoms with Gasteiger partial charge in [0.25, 0.3) is 0 Å². The molecule has 0 aliphatic heterocycles. The maximum atomic E-state index is 12.6. The summed E-state index contributed by atoms with van der Waals surface area (Å²) in [4.78, 5) is 12.6. The van der Waals surface area contributed by atoms with E-state index in [9.17, 15) is 4.79 Å². The van der Waals surface area contributed by atoms with Gasteiger partial charge in [-0.05, 0) is 125 Å². The monoisotopic (exact) mass is 695 g/mol. The van der Waals surface area contributed by atoms with Gasteiger partial charge in [0.2, 0.25) is 0 Å². The number of carbonyl (C=O) groups is 1. The van der Waals surface area contributed by atoms with E-state index < -0.39 is 5.91 Å². The van der Waals surface area contributed by atoms with Crippen LogP contribution in [0.25, 0.3) is 16.5 Å². The molecule has 7 nitrogen and oxygen atoms in total. The molecule has 44 heavy (non-hydrogen) atoms. The van der Waals surface area contributed by atoms with E-state index in [1.807, 2.05) is 60.7 Å². The van der Waals surface area contributed by atoms with Gasteiger partial charge in [0, 0.05) is 17.1 Å². The summed E-state index contributed by atoms with van der Waals surface area (Å²) in [7, 11) is 0. The molecule has 6 rings (SSSR count). The van der Waals surface area contributed by atoms with E-state index in [0.717, 1.165) is 26.1 Å². The molecule has 0 radical (unpaired) electrons. The second kappa shape index (κ2) is 13.2. The van der Waals surface area contributed by atoms with Crippen molar-refractivity contribution in [1.29, 1.82) is 0 Å². The van der Waals surface area contributed by atoms with Gasteiger partial charge in [0.15, 0.2) is 5.76 Å². The van der Waals surface area contributed by atoms with Crippen LogP contribution >= 0.6 is 22.6 Å². The molecule has 0 spiro atoms. The van der Waals surface area contributed by atoms with Gasteiger partial charge in [-0.2, -0.15) is 5.10 Å². The van der Waals surface area contributed by atoms with Gasteiger partial charge in [-0.15, -0.1) is 0 Å². The lowest BCUT2D eigenvalue weighted by Crippen LogP contribution is -2.16. The quantitative estimate of drug-likeness (QED) is 0.0888. The predicted molar refractivity (Wildman–Crippen MR) is 181 cm³/mol. The minimum Gasteiger partial charge on any atom is -0.488 e. The molecule has 1 amide bonds. The van der Waals surface area contributed by atoms with Gasteiger partial charge in [-0.1, -0.05) is 42.5 Å². The first-order valence-corrected chi connectivity index (χ1v) is 15.2. The van der Waals surface area contributed by atoms with Gasteiger partial charge in [-0.25, -0.2) is 5.43 Å². The number of nitrogens with one attached hydrogen (secondary N) is 1. The maximum absolute atomic E-state index is 12.6. The number of hydrogen-bond acceptors (Lipinski definition) is 5. The smallest absolute Gasteiger partial charge is 0.307 e. The number of aryl methyl sites for hydroxylation is 2. The molecule has 2 heterocycles. The molecule has 0 bridgehead atoms. The number of nitrogens with zero attached hydrogens (tertiary/aromatic N) is 2. The molecule has 0 saturated carbocycles. The van der Waals surface area contributed by atoms with Crippen molar-refractivity contribution in [3.63, 3.8) is 0 Å². The van der Waals surface area contributed by atoms with Gasteiger partial charge in [-0.3, -0.25) is 4.79 Å². The Morgan fingerprint density at radius 3 is 2.43 bits per heavy atom. The second-order valence-corrected chi connectivity index (χ2v) is 11.5. The van der Waals surface area contributed by atoms with E-state index in [2.05, 4.69) is 87.9 Å². The maximum Gasteiger partial charge on any atom is 0.307 e. The summed E-state index contributed by atoms with van der Waals surface area (Å²) < 4.78 is 20.8. The zero-order chi connectivity index (χ0) is 30.5. The second-order valence-electron chi connectivity index (χ2n) is 10.3. The van der Waals surface area contributed by atoms with Gasteiger partial charge < -0.3 is 18.5 Å². The van der Waals surface area contributed by atoms with Crippen molar-refractivity contribution >= 4 is 45.5 Å². The van der Waals surface area contributed by atoms with E-state index in [4.69, 9.17) is 13.9 Å². The van der Waals surface area contributed by atoms with Crippen LogP contribution in [0.15, 0.2) is 119 Å². The van der Waals surface area contributed by atoms with Crippen molar-refractivity contribution in [2.45, 2.75) is 27.1 Å². The molecule has 2 aromatic heterocycles. The Morgan fingerprint density at radius 2 is 1.64 bits per heavy atom. The van der Waals surface area contributed by atoms with E-state index >= 15 is 0 Å². The third-order valence-electron chi connectivity index (χ3n) is 7.23. The fraction of sp³-hybridized carbons (Fsp3) is 0.111. The first kappa shape index (κ1) is 29.3. The zero-order valence-corrected chi connectivity index (χ0v) is 26.4. The Labute approximate surface area is 269 Å². The largest absolute Gasteiger partial charge is 0.488 e. The van der Waals surface area contributed by atoms with Crippen LogP contribution in [0, 0.1) is 17.4 Å². The number of amides is 1. The predicted octanol–water partition coefficient (Wildman–Crippen LogP) is 8.37. The summed E-state index contributed by atoms with van der Waals surface area (Å²) in [5, 5.41) is 6.47. The van der Waals surface area contributed by atoms with Gasteiger partial charge >= 0.3 is 5.91 Å². The SMILES string of the molecule is Cc1ccc(C)n1-c1ccc(OCc2ccc(C(=O)N/N=C/c3ccc(OCc4cccc5ccccc45)c(I)c3)o2)cc1. The van der Waals surface area contributed by atoms with Crippen LogP contribution in [0.2, 0.25) is 0 Å². The molecule has 0 aliphatic carbocycles. The summed E-state index contributed by atoms with van der Waals surface area (Å²) in [5.74, 6) is 1.74. The molecule has 220 valence electrons. The Kier molecular flexibility index (Phi) is 8.79. The van der Waals surface area contributed by atoms with Gasteiger partial charge in [0.05, 0.1) is 9.78 Å². The number of hydrazone groups is 1. The third-order valence-corrected chi connectivity index (χ3v) is 8.07. The average molecular weight is 696 g/mol. The van der Waals surface area contributed by atoms with E-state index in [1.54, 1.807) is 18.3 Å². The number of carbonyl (C=O) groups excluding carboxylic acids is 1. The number of fused-ring (bicyclic) bond motifs is 1. The summed E-state index contributed by atoms with van der Waals surface area (Å²) in [6, 6.07) is 35.7. The van der Waals surface area contributed by atoms with E-state index in [0.29, 0.717) is 18.1 Å². The molecule has 0 fully saturated rings. The molecule has 0 atom stereocenters. The van der Waals surface area contributed by atoms with Crippen LogP contribution in [0.1, 0.15) is 38.8 Å².